The van der Waals surface area contributed by atoms with Crippen molar-refractivity contribution >= 4 is 21.6 Å². The molecule has 0 radical (unpaired) electrons. The van der Waals surface area contributed by atoms with E-state index in [-0.39, 0.29) is 0 Å². The lowest BCUT2D eigenvalue weighted by Crippen LogP contribution is -2.28. The number of anilines is 1. The Balaban J connectivity index is 2.24. The van der Waals surface area contributed by atoms with Crippen LogP contribution in [0, 0.1) is 0 Å². The molecule has 0 atom stereocenters. The molecule has 0 fully saturated rings. The van der Waals surface area contributed by atoms with Crippen molar-refractivity contribution in [3.05, 3.63) is 22.9 Å². The highest BCUT2D eigenvalue weighted by Gasteiger charge is 2.02. The van der Waals surface area contributed by atoms with Crippen LogP contribution in [0.2, 0.25) is 0 Å². The molecule has 1 aromatic rings. The molecule has 4 heteroatoms. The molecule has 0 unspecified atom stereocenters. The van der Waals surface area contributed by atoms with Crippen molar-refractivity contribution in [2.75, 3.05) is 25.5 Å². The molecule has 1 aromatic heterocycles. The number of aromatic nitrogens is 1. The van der Waals surface area contributed by atoms with Crippen LogP contribution in [-0.2, 0) is 0 Å². The molecule has 90 valence electrons. The van der Waals surface area contributed by atoms with Crippen LogP contribution in [-0.4, -0.2) is 36.1 Å². The summed E-state index contributed by atoms with van der Waals surface area (Å²) in [5, 5.41) is 3.39. The molecule has 0 saturated heterocycles. The molecule has 0 amide bonds. The number of hydrogen-bond acceptors (Lipinski definition) is 3. The van der Waals surface area contributed by atoms with Crippen LogP contribution >= 0.6 is 15.9 Å². The first-order valence-electron chi connectivity index (χ1n) is 5.65. The smallest absolute Gasteiger partial charge is 0.0590 e. The molecule has 1 N–H and O–H groups in total. The minimum Gasteiger partial charge on any atom is -0.384 e. The van der Waals surface area contributed by atoms with Gasteiger partial charge in [0.1, 0.15) is 0 Å². The second-order valence-corrected chi connectivity index (χ2v) is 5.06. The third-order valence-corrected chi connectivity index (χ3v) is 3.29. The number of pyridine rings is 1. The number of halogens is 1. The van der Waals surface area contributed by atoms with Crippen LogP contribution in [0.5, 0.6) is 0 Å². The van der Waals surface area contributed by atoms with E-state index in [0.717, 1.165) is 29.7 Å². The molecular weight excluding hydrogens is 266 g/mol. The first-order chi connectivity index (χ1) is 7.61. The summed E-state index contributed by atoms with van der Waals surface area (Å²) < 4.78 is 1.02. The predicted molar refractivity (Wildman–Crippen MR) is 72.8 cm³/mol. The molecule has 0 bridgehead atoms. The minimum absolute atomic E-state index is 0.618. The van der Waals surface area contributed by atoms with Crippen molar-refractivity contribution in [1.29, 1.82) is 0 Å². The number of nitrogens with zero attached hydrogens (tertiary/aromatic N) is 2. The summed E-state index contributed by atoms with van der Waals surface area (Å²) in [6, 6.07) is 2.60. The van der Waals surface area contributed by atoms with E-state index in [9.17, 15) is 0 Å². The molecular formula is C12H20BrN3. The Kier molecular flexibility index (Phi) is 5.77. The van der Waals surface area contributed by atoms with Gasteiger partial charge in [0.15, 0.2) is 0 Å². The minimum atomic E-state index is 0.618. The van der Waals surface area contributed by atoms with Crippen LogP contribution in [0.3, 0.4) is 0 Å². The molecule has 1 heterocycles. The van der Waals surface area contributed by atoms with E-state index in [1.54, 1.807) is 6.20 Å². The lowest BCUT2D eigenvalue weighted by Gasteiger charge is -2.20. The van der Waals surface area contributed by atoms with Crippen molar-refractivity contribution < 1.29 is 0 Å². The molecule has 16 heavy (non-hydrogen) atoms. The van der Waals surface area contributed by atoms with Crippen LogP contribution in [0.4, 0.5) is 5.69 Å². The fourth-order valence-corrected chi connectivity index (χ4v) is 1.72. The number of nitrogens with one attached hydrogen (secondary N) is 1. The Morgan fingerprint density at radius 3 is 2.88 bits per heavy atom. The zero-order chi connectivity index (χ0) is 12.0. The first-order valence-corrected chi connectivity index (χ1v) is 6.44. The summed E-state index contributed by atoms with van der Waals surface area (Å²) in [6.07, 6.45) is 4.75. The van der Waals surface area contributed by atoms with E-state index in [1.165, 1.54) is 0 Å². The van der Waals surface area contributed by atoms with Gasteiger partial charge < -0.3 is 10.2 Å². The fraction of sp³-hybridized carbons (Fsp3) is 0.583. The summed E-state index contributed by atoms with van der Waals surface area (Å²) in [7, 11) is 2.16. The van der Waals surface area contributed by atoms with Crippen LogP contribution in [0.25, 0.3) is 0 Å². The van der Waals surface area contributed by atoms with Crippen molar-refractivity contribution in [3.63, 3.8) is 0 Å². The average Bonchev–Trinajstić information content (AvgIpc) is 2.26. The van der Waals surface area contributed by atoms with Crippen LogP contribution in [0.15, 0.2) is 22.9 Å². The average molecular weight is 286 g/mol. The quantitative estimate of drug-likeness (QED) is 0.815. The zero-order valence-corrected chi connectivity index (χ0v) is 11.8. The lowest BCUT2D eigenvalue weighted by molar-refractivity contribution is 0.273. The second kappa shape index (κ2) is 6.86. The third kappa shape index (κ3) is 4.49. The number of rotatable bonds is 6. The van der Waals surface area contributed by atoms with Gasteiger partial charge >= 0.3 is 0 Å². The Morgan fingerprint density at radius 2 is 2.25 bits per heavy atom. The van der Waals surface area contributed by atoms with E-state index in [2.05, 4.69) is 52.0 Å². The summed E-state index contributed by atoms with van der Waals surface area (Å²) in [4.78, 5) is 6.38. The maximum Gasteiger partial charge on any atom is 0.0590 e. The second-order valence-electron chi connectivity index (χ2n) is 4.21. The molecule has 0 aliphatic rings. The summed E-state index contributed by atoms with van der Waals surface area (Å²) in [5.41, 5.74) is 1.11. The van der Waals surface area contributed by atoms with Crippen molar-refractivity contribution in [2.45, 2.75) is 26.3 Å². The van der Waals surface area contributed by atoms with E-state index in [4.69, 9.17) is 0 Å². The molecule has 0 aromatic carbocycles. The van der Waals surface area contributed by atoms with Gasteiger partial charge in [-0.2, -0.15) is 0 Å². The standard InChI is InChI=1S/C12H20BrN3/c1-10(2)16(3)8-4-6-15-12-5-7-14-9-11(12)13/h5,7,9-10H,4,6,8H2,1-3H3,(H,14,15). The molecule has 0 saturated carbocycles. The Bertz CT molecular complexity index is 315. The first kappa shape index (κ1) is 13.5. The predicted octanol–water partition coefficient (Wildman–Crippen LogP) is 2.99. The van der Waals surface area contributed by atoms with Gasteiger partial charge in [-0.3, -0.25) is 4.98 Å². The molecule has 0 aliphatic heterocycles. The van der Waals surface area contributed by atoms with E-state index in [0.29, 0.717) is 6.04 Å². The monoisotopic (exact) mass is 285 g/mol. The van der Waals surface area contributed by atoms with E-state index >= 15 is 0 Å². The van der Waals surface area contributed by atoms with Gasteiger partial charge in [-0.15, -0.1) is 0 Å². The van der Waals surface area contributed by atoms with E-state index < -0.39 is 0 Å². The van der Waals surface area contributed by atoms with Gasteiger partial charge in [0.05, 0.1) is 10.2 Å². The normalized spacial score (nSPS) is 11.1. The van der Waals surface area contributed by atoms with Gasteiger partial charge in [-0.1, -0.05) is 0 Å². The lowest BCUT2D eigenvalue weighted by atomic mass is 10.3. The van der Waals surface area contributed by atoms with Crippen molar-refractivity contribution in [1.82, 2.24) is 9.88 Å². The number of hydrogen-bond donors (Lipinski definition) is 1. The van der Waals surface area contributed by atoms with Crippen LogP contribution in [0.1, 0.15) is 20.3 Å². The van der Waals surface area contributed by atoms with Gasteiger partial charge in [-0.25, -0.2) is 0 Å². The highest BCUT2D eigenvalue weighted by atomic mass is 79.9. The Morgan fingerprint density at radius 1 is 1.50 bits per heavy atom. The molecule has 1 rings (SSSR count). The van der Waals surface area contributed by atoms with Gasteiger partial charge in [0.25, 0.3) is 0 Å². The Labute approximate surface area is 106 Å². The molecule has 3 nitrogen and oxygen atoms in total. The van der Waals surface area contributed by atoms with Crippen molar-refractivity contribution in [2.24, 2.45) is 0 Å². The van der Waals surface area contributed by atoms with Crippen LogP contribution < -0.4 is 5.32 Å². The maximum atomic E-state index is 4.03. The fourth-order valence-electron chi connectivity index (χ4n) is 1.33. The summed E-state index contributed by atoms with van der Waals surface area (Å²) in [6.45, 7) is 6.53. The highest BCUT2D eigenvalue weighted by Crippen LogP contribution is 2.19. The Hall–Kier alpha value is -0.610. The summed E-state index contributed by atoms with van der Waals surface area (Å²) in [5.74, 6) is 0. The highest BCUT2D eigenvalue weighted by molar-refractivity contribution is 9.10. The largest absolute Gasteiger partial charge is 0.384 e. The molecule has 0 aliphatic carbocycles. The SMILES string of the molecule is CC(C)N(C)CCCNc1ccncc1Br. The zero-order valence-electron chi connectivity index (χ0n) is 10.2. The van der Waals surface area contributed by atoms with Gasteiger partial charge in [0, 0.05) is 25.0 Å². The topological polar surface area (TPSA) is 28.2 Å². The summed E-state index contributed by atoms with van der Waals surface area (Å²) >= 11 is 3.47. The van der Waals surface area contributed by atoms with Crippen molar-refractivity contribution in [3.8, 4) is 0 Å². The third-order valence-electron chi connectivity index (χ3n) is 2.66. The maximum absolute atomic E-state index is 4.03. The molecule has 0 spiro atoms. The van der Waals surface area contributed by atoms with E-state index in [1.807, 2.05) is 12.3 Å². The van der Waals surface area contributed by atoms with Gasteiger partial charge in [0.2, 0.25) is 0 Å². The van der Waals surface area contributed by atoms with Gasteiger partial charge in [-0.05, 0) is 55.9 Å².